The predicted molar refractivity (Wildman–Crippen MR) is 116 cm³/mol. The van der Waals surface area contributed by atoms with E-state index < -0.39 is 0 Å². The topological polar surface area (TPSA) is 52.6 Å². The van der Waals surface area contributed by atoms with E-state index in [1.54, 1.807) is 0 Å². The van der Waals surface area contributed by atoms with Crippen molar-refractivity contribution in [3.8, 4) is 0 Å². The van der Waals surface area contributed by atoms with Gasteiger partial charge in [-0.2, -0.15) is 0 Å². The van der Waals surface area contributed by atoms with Gasteiger partial charge in [0, 0.05) is 49.9 Å². The number of anilines is 1. The first-order valence-electron chi connectivity index (χ1n) is 11.7. The molecule has 2 aliphatic heterocycles. The molecule has 1 aliphatic carbocycles. The van der Waals surface area contributed by atoms with Crippen molar-refractivity contribution >= 4 is 11.7 Å². The van der Waals surface area contributed by atoms with Gasteiger partial charge in [-0.1, -0.05) is 0 Å². The third kappa shape index (κ3) is 4.73. The van der Waals surface area contributed by atoms with Gasteiger partial charge in [0.1, 0.15) is 11.6 Å². The second kappa shape index (κ2) is 8.99. The Bertz CT molecular complexity index is 728. The Morgan fingerprint density at radius 2 is 1.90 bits per heavy atom. The van der Waals surface area contributed by atoms with Crippen LogP contribution in [0.4, 0.5) is 5.82 Å². The van der Waals surface area contributed by atoms with Crippen LogP contribution in [0.15, 0.2) is 0 Å². The number of hydrogen-bond donors (Lipinski definition) is 0. The van der Waals surface area contributed by atoms with Crippen molar-refractivity contribution in [2.24, 2.45) is 5.92 Å². The van der Waals surface area contributed by atoms with Crippen molar-refractivity contribution in [1.82, 2.24) is 19.8 Å². The van der Waals surface area contributed by atoms with Gasteiger partial charge in [0.25, 0.3) is 0 Å². The largest absolute Gasteiger partial charge is 0.356 e. The van der Waals surface area contributed by atoms with Crippen LogP contribution in [-0.4, -0.2) is 71.5 Å². The fourth-order valence-electron chi connectivity index (χ4n) is 4.96. The molecular formula is C23H37N5O. The van der Waals surface area contributed by atoms with E-state index in [-0.39, 0.29) is 5.91 Å². The zero-order valence-corrected chi connectivity index (χ0v) is 18.5. The van der Waals surface area contributed by atoms with Gasteiger partial charge in [-0.3, -0.25) is 9.69 Å². The van der Waals surface area contributed by atoms with E-state index in [0.29, 0.717) is 12.5 Å². The Hall–Kier alpha value is -1.69. The summed E-state index contributed by atoms with van der Waals surface area (Å²) in [7, 11) is 0. The molecule has 3 aliphatic rings. The molecule has 1 aromatic heterocycles. The number of carbonyl (C=O) groups is 1. The van der Waals surface area contributed by atoms with E-state index >= 15 is 0 Å². The van der Waals surface area contributed by atoms with Crippen LogP contribution in [-0.2, 0) is 11.2 Å². The van der Waals surface area contributed by atoms with E-state index in [2.05, 4.69) is 30.6 Å². The summed E-state index contributed by atoms with van der Waals surface area (Å²) < 4.78 is 0. The molecule has 0 N–H and O–H groups in total. The van der Waals surface area contributed by atoms with Crippen molar-refractivity contribution in [2.75, 3.05) is 50.7 Å². The first-order chi connectivity index (χ1) is 14.1. The monoisotopic (exact) mass is 399 g/mol. The van der Waals surface area contributed by atoms with Crippen LogP contribution in [0.1, 0.15) is 69.0 Å². The summed E-state index contributed by atoms with van der Waals surface area (Å²) in [6.45, 7) is 12.6. The van der Waals surface area contributed by atoms with Gasteiger partial charge in [0.2, 0.25) is 5.91 Å². The van der Waals surface area contributed by atoms with Crippen molar-refractivity contribution in [3.63, 3.8) is 0 Å². The number of amides is 1. The van der Waals surface area contributed by atoms with Crippen LogP contribution in [0.25, 0.3) is 0 Å². The zero-order chi connectivity index (χ0) is 20.4. The van der Waals surface area contributed by atoms with Crippen LogP contribution in [0, 0.1) is 12.8 Å². The van der Waals surface area contributed by atoms with E-state index in [0.717, 1.165) is 70.3 Å². The molecule has 1 atom stereocenters. The number of likely N-dealkylation sites (tertiary alicyclic amines) is 1. The van der Waals surface area contributed by atoms with Gasteiger partial charge in [-0.05, 0) is 71.8 Å². The Morgan fingerprint density at radius 3 is 2.62 bits per heavy atom. The number of rotatable bonds is 7. The Morgan fingerprint density at radius 1 is 1.10 bits per heavy atom. The van der Waals surface area contributed by atoms with Crippen molar-refractivity contribution in [2.45, 2.75) is 65.2 Å². The number of piperidine rings is 1. The highest BCUT2D eigenvalue weighted by atomic mass is 16.2. The maximum Gasteiger partial charge on any atom is 0.236 e. The van der Waals surface area contributed by atoms with Gasteiger partial charge in [0.15, 0.2) is 0 Å². The zero-order valence-electron chi connectivity index (χ0n) is 18.5. The summed E-state index contributed by atoms with van der Waals surface area (Å²) in [4.78, 5) is 29.4. The van der Waals surface area contributed by atoms with Gasteiger partial charge >= 0.3 is 0 Å². The highest BCUT2D eigenvalue weighted by molar-refractivity contribution is 5.78. The molecule has 1 aromatic rings. The molecule has 1 saturated carbocycles. The normalized spacial score (nSPS) is 22.4. The molecular weight excluding hydrogens is 362 g/mol. The van der Waals surface area contributed by atoms with Crippen molar-refractivity contribution in [1.29, 1.82) is 0 Å². The van der Waals surface area contributed by atoms with Gasteiger partial charge in [-0.25, -0.2) is 9.97 Å². The van der Waals surface area contributed by atoms with Crippen LogP contribution in [0.2, 0.25) is 0 Å². The summed E-state index contributed by atoms with van der Waals surface area (Å²) in [5.41, 5.74) is 2.53. The van der Waals surface area contributed by atoms with Gasteiger partial charge < -0.3 is 9.80 Å². The van der Waals surface area contributed by atoms with Crippen LogP contribution in [0.5, 0.6) is 0 Å². The van der Waals surface area contributed by atoms with E-state index in [4.69, 9.17) is 9.97 Å². The summed E-state index contributed by atoms with van der Waals surface area (Å²) >= 11 is 0. The first kappa shape index (κ1) is 20.6. The number of likely N-dealkylation sites (N-methyl/N-ethyl adjacent to an activating group) is 1. The Kier molecular flexibility index (Phi) is 6.38. The highest BCUT2D eigenvalue weighted by Gasteiger charge is 2.31. The Balaban J connectivity index is 1.49. The molecule has 2 fully saturated rings. The molecule has 0 unspecified atom stereocenters. The maximum absolute atomic E-state index is 12.6. The lowest BCUT2D eigenvalue weighted by atomic mass is 9.96. The average Bonchev–Trinajstić information content (AvgIpc) is 3.54. The molecule has 0 radical (unpaired) electrons. The molecule has 4 rings (SSSR count). The lowest BCUT2D eigenvalue weighted by Gasteiger charge is -2.35. The minimum atomic E-state index is 0.244. The minimum absolute atomic E-state index is 0.244. The number of aromatic nitrogens is 2. The Labute approximate surface area is 175 Å². The number of hydrogen-bond acceptors (Lipinski definition) is 5. The fourth-order valence-corrected chi connectivity index (χ4v) is 4.96. The molecule has 1 saturated heterocycles. The summed E-state index contributed by atoms with van der Waals surface area (Å²) in [5.74, 6) is 3.66. The quantitative estimate of drug-likeness (QED) is 0.705. The molecule has 3 heterocycles. The molecule has 29 heavy (non-hydrogen) atoms. The first-order valence-corrected chi connectivity index (χ1v) is 11.7. The fraction of sp³-hybridized carbons (Fsp3) is 0.783. The van der Waals surface area contributed by atoms with Crippen LogP contribution < -0.4 is 4.90 Å². The summed E-state index contributed by atoms with van der Waals surface area (Å²) in [6, 6.07) is 0. The second-order valence-corrected chi connectivity index (χ2v) is 9.10. The van der Waals surface area contributed by atoms with Gasteiger partial charge in [0.05, 0.1) is 6.54 Å². The number of nitrogens with zero attached hydrogens (tertiary/aromatic N) is 5. The van der Waals surface area contributed by atoms with Crippen LogP contribution in [0.3, 0.4) is 0 Å². The molecule has 160 valence electrons. The molecule has 6 nitrogen and oxygen atoms in total. The molecule has 0 bridgehead atoms. The highest BCUT2D eigenvalue weighted by Crippen LogP contribution is 2.35. The smallest absolute Gasteiger partial charge is 0.236 e. The lowest BCUT2D eigenvalue weighted by Crippen LogP contribution is -2.44. The molecule has 6 heteroatoms. The molecule has 0 spiro atoms. The van der Waals surface area contributed by atoms with Gasteiger partial charge in [-0.15, -0.1) is 0 Å². The SMILES string of the molecule is CCN(CC)C(=O)CN1CCC[C@H](c2nc(C)c3c(n2)N(CC2CC2)CCC3)C1. The minimum Gasteiger partial charge on any atom is -0.356 e. The van der Waals surface area contributed by atoms with Crippen molar-refractivity contribution < 1.29 is 4.79 Å². The number of fused-ring (bicyclic) bond motifs is 1. The number of aryl methyl sites for hydroxylation is 1. The molecule has 1 amide bonds. The number of carbonyl (C=O) groups excluding carboxylic acids is 1. The average molecular weight is 400 g/mol. The maximum atomic E-state index is 12.6. The van der Waals surface area contributed by atoms with Crippen molar-refractivity contribution in [3.05, 3.63) is 17.1 Å². The standard InChI is InChI=1S/C23H37N5O/c1-4-27(5-2)21(29)16-26-12-6-8-19(15-26)22-24-17(3)20-9-7-13-28(23(20)25-22)14-18-10-11-18/h18-19H,4-16H2,1-3H3/t19-/m0/s1. The van der Waals surface area contributed by atoms with Crippen LogP contribution >= 0.6 is 0 Å². The second-order valence-electron chi connectivity index (χ2n) is 9.10. The lowest BCUT2D eigenvalue weighted by molar-refractivity contribution is -0.132. The third-order valence-corrected chi connectivity index (χ3v) is 6.88. The third-order valence-electron chi connectivity index (χ3n) is 6.88. The predicted octanol–water partition coefficient (Wildman–Crippen LogP) is 3.00. The van der Waals surface area contributed by atoms with E-state index in [1.807, 2.05) is 4.90 Å². The molecule has 0 aromatic carbocycles. The van der Waals surface area contributed by atoms with E-state index in [9.17, 15) is 4.79 Å². The van der Waals surface area contributed by atoms with E-state index in [1.165, 1.54) is 36.3 Å². The summed E-state index contributed by atoms with van der Waals surface area (Å²) in [6.07, 6.45) is 7.31. The summed E-state index contributed by atoms with van der Waals surface area (Å²) in [5, 5.41) is 0.